The minimum absolute atomic E-state index is 0.949. The van der Waals surface area contributed by atoms with Crippen LogP contribution in [0.15, 0.2) is 11.4 Å². The zero-order chi connectivity index (χ0) is 10.2. The van der Waals surface area contributed by atoms with E-state index < -0.39 is 0 Å². The Bertz CT molecular complexity index is 247. The predicted molar refractivity (Wildman–Crippen MR) is 65.4 cm³/mol. The van der Waals surface area contributed by atoms with Crippen LogP contribution in [0.1, 0.15) is 30.6 Å². The lowest BCUT2D eigenvalue weighted by atomic mass is 10.1. The minimum Gasteiger partial charge on any atom is -0.320 e. The number of hydrogen-bond donors (Lipinski definition) is 1. The van der Waals surface area contributed by atoms with Crippen LogP contribution in [0.5, 0.6) is 0 Å². The van der Waals surface area contributed by atoms with E-state index in [1.165, 1.54) is 30.6 Å². The summed E-state index contributed by atoms with van der Waals surface area (Å²) < 4.78 is 0. The molecule has 14 heavy (non-hydrogen) atoms. The van der Waals surface area contributed by atoms with Crippen molar-refractivity contribution in [1.29, 1.82) is 0 Å². The summed E-state index contributed by atoms with van der Waals surface area (Å²) in [7, 11) is 2.01. The quantitative estimate of drug-likeness (QED) is 0.706. The van der Waals surface area contributed by atoms with Crippen molar-refractivity contribution in [3.8, 4) is 0 Å². The molecule has 0 aromatic carbocycles. The maximum Gasteiger partial charge on any atom is 0.0544 e. The van der Waals surface area contributed by atoms with Crippen LogP contribution in [-0.4, -0.2) is 13.6 Å². The Kier molecular flexibility index (Phi) is 6.24. The fourth-order valence-electron chi connectivity index (χ4n) is 1.44. The van der Waals surface area contributed by atoms with E-state index in [-0.39, 0.29) is 0 Å². The van der Waals surface area contributed by atoms with Crippen molar-refractivity contribution in [2.24, 2.45) is 0 Å². The molecule has 0 unspecified atom stereocenters. The van der Waals surface area contributed by atoms with E-state index in [9.17, 15) is 0 Å². The van der Waals surface area contributed by atoms with Gasteiger partial charge in [-0.3, -0.25) is 0 Å². The normalized spacial score (nSPS) is 10.7. The van der Waals surface area contributed by atoms with Gasteiger partial charge in [0.1, 0.15) is 0 Å². The lowest BCUT2D eigenvalue weighted by molar-refractivity contribution is 0.618. The third kappa shape index (κ3) is 4.45. The van der Waals surface area contributed by atoms with Crippen LogP contribution < -0.4 is 5.32 Å². The van der Waals surface area contributed by atoms with E-state index in [0.717, 1.165) is 18.0 Å². The maximum atomic E-state index is 6.00. The van der Waals surface area contributed by atoms with Crippen molar-refractivity contribution in [3.05, 3.63) is 21.3 Å². The zero-order valence-corrected chi connectivity index (χ0v) is 10.3. The lowest BCUT2D eigenvalue weighted by Gasteiger charge is -2.00. The first kappa shape index (κ1) is 12.0. The topological polar surface area (TPSA) is 12.0 Å². The monoisotopic (exact) mass is 231 g/mol. The Morgan fingerprint density at radius 2 is 2.07 bits per heavy atom. The molecule has 0 saturated heterocycles. The highest BCUT2D eigenvalue weighted by Crippen LogP contribution is 2.23. The first-order valence-corrected chi connectivity index (χ1v) is 6.47. The number of unbranched alkanes of at least 4 members (excludes halogenated alkanes) is 3. The van der Waals surface area contributed by atoms with Crippen molar-refractivity contribution < 1.29 is 0 Å². The van der Waals surface area contributed by atoms with Crippen LogP contribution in [0.2, 0.25) is 5.02 Å². The van der Waals surface area contributed by atoms with E-state index in [1.54, 1.807) is 11.3 Å². The van der Waals surface area contributed by atoms with Crippen molar-refractivity contribution >= 4 is 22.9 Å². The van der Waals surface area contributed by atoms with Gasteiger partial charge < -0.3 is 5.32 Å². The summed E-state index contributed by atoms with van der Waals surface area (Å²) in [5, 5.41) is 6.18. The molecule has 3 heteroatoms. The van der Waals surface area contributed by atoms with Crippen LogP contribution in [0.25, 0.3) is 0 Å². The highest BCUT2D eigenvalue weighted by Gasteiger charge is 2.00. The molecule has 1 nitrogen and oxygen atoms in total. The fourth-order valence-corrected chi connectivity index (χ4v) is 2.62. The van der Waals surface area contributed by atoms with E-state index in [1.807, 2.05) is 13.1 Å². The van der Waals surface area contributed by atoms with Crippen molar-refractivity contribution in [3.63, 3.8) is 0 Å². The van der Waals surface area contributed by atoms with Gasteiger partial charge >= 0.3 is 0 Å². The molecule has 1 heterocycles. The lowest BCUT2D eigenvalue weighted by Crippen LogP contribution is -2.06. The molecule has 0 amide bonds. The second-order valence-electron chi connectivity index (χ2n) is 3.46. The van der Waals surface area contributed by atoms with E-state index in [4.69, 9.17) is 11.6 Å². The largest absolute Gasteiger partial charge is 0.320 e. The van der Waals surface area contributed by atoms with Crippen LogP contribution in [0.4, 0.5) is 0 Å². The molecule has 0 bridgehead atoms. The van der Waals surface area contributed by atoms with Gasteiger partial charge in [-0.15, -0.1) is 11.3 Å². The molecule has 0 aliphatic carbocycles. The molecule has 1 rings (SSSR count). The average Bonchev–Trinajstić information content (AvgIpc) is 2.58. The Hall–Kier alpha value is -0.0500. The second kappa shape index (κ2) is 7.27. The van der Waals surface area contributed by atoms with E-state index in [2.05, 4.69) is 10.7 Å². The summed E-state index contributed by atoms with van der Waals surface area (Å²) in [5.74, 6) is 0. The number of thiophene rings is 1. The first-order valence-electron chi connectivity index (χ1n) is 5.21. The van der Waals surface area contributed by atoms with E-state index in [0.29, 0.717) is 0 Å². The van der Waals surface area contributed by atoms with Gasteiger partial charge in [-0.1, -0.05) is 24.4 Å². The zero-order valence-electron chi connectivity index (χ0n) is 8.68. The summed E-state index contributed by atoms with van der Waals surface area (Å²) in [4.78, 5) is 1.35. The van der Waals surface area contributed by atoms with Gasteiger partial charge in [0.2, 0.25) is 0 Å². The molecule has 1 aromatic rings. The Labute approximate surface area is 95.5 Å². The summed E-state index contributed by atoms with van der Waals surface area (Å²) in [6.45, 7) is 1.14. The van der Waals surface area contributed by atoms with Crippen LogP contribution in [0, 0.1) is 0 Å². The van der Waals surface area contributed by atoms with E-state index >= 15 is 0 Å². The highest BCUT2D eigenvalue weighted by molar-refractivity contribution is 7.10. The molecule has 0 aliphatic rings. The molecule has 0 saturated carbocycles. The first-order chi connectivity index (χ1) is 6.84. The predicted octanol–water partition coefficient (Wildman–Crippen LogP) is 3.72. The molecule has 1 N–H and O–H groups in total. The van der Waals surface area contributed by atoms with Gasteiger partial charge in [-0.05, 0) is 44.3 Å². The standard InChI is InChI=1S/C11H18ClNS/c1-13-8-5-3-2-4-6-11-10(12)7-9-14-11/h7,9,13H,2-6,8H2,1H3. The number of aryl methyl sites for hydroxylation is 1. The van der Waals surface area contributed by atoms with Gasteiger partial charge in [0.05, 0.1) is 5.02 Å². The number of hydrogen-bond acceptors (Lipinski definition) is 2. The van der Waals surface area contributed by atoms with Gasteiger partial charge in [0.15, 0.2) is 0 Å². The smallest absolute Gasteiger partial charge is 0.0544 e. The SMILES string of the molecule is CNCCCCCCc1sccc1Cl. The number of nitrogens with one attached hydrogen (secondary N) is 1. The third-order valence-corrected chi connectivity index (χ3v) is 3.72. The maximum absolute atomic E-state index is 6.00. The molecule has 0 atom stereocenters. The Balaban J connectivity index is 2.02. The van der Waals surface area contributed by atoms with Crippen molar-refractivity contribution in [1.82, 2.24) is 5.32 Å². The summed E-state index contributed by atoms with van der Waals surface area (Å²) in [6.07, 6.45) is 6.34. The molecule has 80 valence electrons. The van der Waals surface area contributed by atoms with Crippen LogP contribution in [0.3, 0.4) is 0 Å². The molecule has 0 fully saturated rings. The molecule has 0 radical (unpaired) electrons. The molecule has 1 aromatic heterocycles. The summed E-state index contributed by atoms with van der Waals surface area (Å²) in [5.41, 5.74) is 0. The Morgan fingerprint density at radius 3 is 2.71 bits per heavy atom. The van der Waals surface area contributed by atoms with Crippen molar-refractivity contribution in [2.45, 2.75) is 32.1 Å². The third-order valence-electron chi connectivity index (χ3n) is 2.27. The van der Waals surface area contributed by atoms with Crippen molar-refractivity contribution in [2.75, 3.05) is 13.6 Å². The summed E-state index contributed by atoms with van der Waals surface area (Å²) >= 11 is 7.78. The van der Waals surface area contributed by atoms with Gasteiger partial charge in [0.25, 0.3) is 0 Å². The average molecular weight is 232 g/mol. The molecular weight excluding hydrogens is 214 g/mol. The van der Waals surface area contributed by atoms with Crippen LogP contribution >= 0.6 is 22.9 Å². The molecular formula is C11H18ClNS. The fraction of sp³-hybridized carbons (Fsp3) is 0.636. The highest BCUT2D eigenvalue weighted by atomic mass is 35.5. The summed E-state index contributed by atoms with van der Waals surface area (Å²) in [6, 6.07) is 1.99. The van der Waals surface area contributed by atoms with Gasteiger partial charge in [-0.2, -0.15) is 0 Å². The number of rotatable bonds is 7. The van der Waals surface area contributed by atoms with Crippen LogP contribution in [-0.2, 0) is 6.42 Å². The molecule has 0 aliphatic heterocycles. The molecule has 0 spiro atoms. The van der Waals surface area contributed by atoms with Gasteiger partial charge in [0, 0.05) is 4.88 Å². The number of halogens is 1. The minimum atomic E-state index is 0.949. The second-order valence-corrected chi connectivity index (χ2v) is 4.87. The Morgan fingerprint density at radius 1 is 1.29 bits per heavy atom. The van der Waals surface area contributed by atoms with Gasteiger partial charge in [-0.25, -0.2) is 0 Å².